The Morgan fingerprint density at radius 2 is 1.78 bits per heavy atom. The van der Waals surface area contributed by atoms with Gasteiger partial charge in [0, 0.05) is 24.7 Å². The second-order valence-electron chi connectivity index (χ2n) is 15.5. The van der Waals surface area contributed by atoms with E-state index in [2.05, 4.69) is 39.8 Å². The van der Waals surface area contributed by atoms with Gasteiger partial charge >= 0.3 is 5.97 Å². The van der Waals surface area contributed by atoms with E-state index in [1.54, 1.807) is 0 Å². The van der Waals surface area contributed by atoms with Gasteiger partial charge in [0.05, 0.1) is 54.7 Å². The van der Waals surface area contributed by atoms with Crippen LogP contribution < -0.4 is 0 Å². The van der Waals surface area contributed by atoms with E-state index in [0.29, 0.717) is 12.8 Å². The average Bonchev–Trinajstić information content (AvgIpc) is 3.43. The molecule has 0 aromatic carbocycles. The predicted molar refractivity (Wildman–Crippen MR) is 174 cm³/mol. The summed E-state index contributed by atoms with van der Waals surface area (Å²) in [4.78, 5) is 11.7. The zero-order chi connectivity index (χ0) is 33.2. The fourth-order valence-corrected chi connectivity index (χ4v) is 9.17. The minimum atomic E-state index is -0.914. The lowest BCUT2D eigenvalue weighted by Crippen LogP contribution is -2.59. The molecule has 15 unspecified atom stereocenters. The molecule has 2 spiro atoms. The molecule has 9 heteroatoms. The third-order valence-corrected chi connectivity index (χ3v) is 12.1. The Morgan fingerprint density at radius 3 is 2.48 bits per heavy atom. The molecule has 5 heterocycles. The van der Waals surface area contributed by atoms with Crippen molar-refractivity contribution in [3.05, 3.63) is 12.2 Å². The second kappa shape index (κ2) is 15.2. The summed E-state index contributed by atoms with van der Waals surface area (Å²) in [6.45, 7) is 12.5. The van der Waals surface area contributed by atoms with Crippen molar-refractivity contribution in [2.75, 3.05) is 0 Å². The third kappa shape index (κ3) is 7.71. The maximum absolute atomic E-state index is 11.8. The predicted octanol–water partition coefficient (Wildman–Crippen LogP) is 6.38. The van der Waals surface area contributed by atoms with Crippen LogP contribution in [0.25, 0.3) is 0 Å². The second-order valence-corrected chi connectivity index (χ2v) is 15.5. The number of ether oxygens (including phenoxy) is 5. The topological polar surface area (TPSA) is 124 Å². The number of hydrogen-bond acceptors (Lipinski definition) is 8. The van der Waals surface area contributed by atoms with E-state index in [1.165, 1.54) is 0 Å². The molecule has 4 fully saturated rings. The molecule has 0 aromatic heterocycles. The Labute approximate surface area is 276 Å². The summed E-state index contributed by atoms with van der Waals surface area (Å²) in [6, 6.07) is 0. The van der Waals surface area contributed by atoms with Crippen LogP contribution in [0.2, 0.25) is 0 Å². The van der Waals surface area contributed by atoms with Gasteiger partial charge in [-0.05, 0) is 95.5 Å². The highest BCUT2D eigenvalue weighted by Crippen LogP contribution is 2.51. The SMILES string of the molecule is CCC(C(=O)O)C1CCCC(CCC(C)C(O)C(CC)C2OC3(C=CCC4(CCC(C5CCC(O)C(C)O5)O4)O3)C(C)CC2C)O1. The van der Waals surface area contributed by atoms with Gasteiger partial charge in [0.1, 0.15) is 0 Å². The molecule has 0 aliphatic carbocycles. The lowest BCUT2D eigenvalue weighted by atomic mass is 9.74. The summed E-state index contributed by atoms with van der Waals surface area (Å²) in [5, 5.41) is 31.6. The molecule has 5 aliphatic heterocycles. The molecule has 0 radical (unpaired) electrons. The van der Waals surface area contributed by atoms with Gasteiger partial charge in [0.2, 0.25) is 0 Å². The summed E-state index contributed by atoms with van der Waals surface area (Å²) in [7, 11) is 0. The number of aliphatic carboxylic acids is 1. The number of carbonyl (C=O) groups is 1. The van der Waals surface area contributed by atoms with E-state index in [9.17, 15) is 20.1 Å². The first-order valence-electron chi connectivity index (χ1n) is 18.5. The molecule has 5 rings (SSSR count). The minimum absolute atomic E-state index is 0.0374. The van der Waals surface area contributed by atoms with E-state index < -0.39 is 35.7 Å². The Bertz CT molecular complexity index is 1040. The third-order valence-electron chi connectivity index (χ3n) is 12.1. The van der Waals surface area contributed by atoms with Crippen LogP contribution in [0.5, 0.6) is 0 Å². The van der Waals surface area contributed by atoms with Gasteiger partial charge in [-0.3, -0.25) is 4.79 Å². The maximum Gasteiger partial charge on any atom is 0.309 e. The first-order valence-corrected chi connectivity index (χ1v) is 18.5. The van der Waals surface area contributed by atoms with Crippen molar-refractivity contribution < 1.29 is 43.8 Å². The first kappa shape index (κ1) is 36.2. The minimum Gasteiger partial charge on any atom is -0.481 e. The molecule has 46 heavy (non-hydrogen) atoms. The van der Waals surface area contributed by atoms with Gasteiger partial charge in [-0.15, -0.1) is 0 Å². The fourth-order valence-electron chi connectivity index (χ4n) is 9.17. The lowest BCUT2D eigenvalue weighted by molar-refractivity contribution is -0.388. The van der Waals surface area contributed by atoms with Crippen LogP contribution in [0.15, 0.2) is 12.2 Å². The molecule has 15 atom stereocenters. The number of aliphatic hydroxyl groups excluding tert-OH is 2. The molecule has 4 saturated heterocycles. The fraction of sp³-hybridized carbons (Fsp3) is 0.919. The normalized spacial score (nSPS) is 44.2. The number of carboxylic acids is 1. The van der Waals surface area contributed by atoms with E-state index in [-0.39, 0.29) is 60.3 Å². The summed E-state index contributed by atoms with van der Waals surface area (Å²) >= 11 is 0. The Balaban J connectivity index is 1.21. The van der Waals surface area contributed by atoms with Gasteiger partial charge in [0.25, 0.3) is 0 Å². The number of aliphatic hydroxyl groups is 2. The van der Waals surface area contributed by atoms with Crippen molar-refractivity contribution in [3.8, 4) is 0 Å². The molecule has 9 nitrogen and oxygen atoms in total. The van der Waals surface area contributed by atoms with E-state index in [4.69, 9.17) is 23.7 Å². The Hall–Kier alpha value is -1.07. The highest BCUT2D eigenvalue weighted by atomic mass is 16.8. The quantitative estimate of drug-likeness (QED) is 0.219. The molecule has 0 aromatic rings. The van der Waals surface area contributed by atoms with Crippen LogP contribution in [-0.2, 0) is 28.5 Å². The van der Waals surface area contributed by atoms with Crippen LogP contribution in [0.3, 0.4) is 0 Å². The summed E-state index contributed by atoms with van der Waals surface area (Å²) in [5.41, 5.74) is 0. The molecular formula is C37H62O9. The average molecular weight is 651 g/mol. The van der Waals surface area contributed by atoms with Gasteiger partial charge < -0.3 is 39.0 Å². The monoisotopic (exact) mass is 650 g/mol. The number of rotatable bonds is 11. The molecule has 0 bridgehead atoms. The summed E-state index contributed by atoms with van der Waals surface area (Å²) in [5.74, 6) is -2.53. The van der Waals surface area contributed by atoms with Crippen molar-refractivity contribution >= 4 is 5.97 Å². The van der Waals surface area contributed by atoms with Gasteiger partial charge in [-0.1, -0.05) is 40.7 Å². The molecule has 264 valence electrons. The van der Waals surface area contributed by atoms with Crippen LogP contribution in [0.1, 0.15) is 125 Å². The Morgan fingerprint density at radius 1 is 1.00 bits per heavy atom. The van der Waals surface area contributed by atoms with Crippen molar-refractivity contribution in [2.24, 2.45) is 29.6 Å². The molecule has 0 amide bonds. The molecule has 3 N–H and O–H groups in total. The van der Waals surface area contributed by atoms with E-state index in [1.807, 2.05) is 13.8 Å². The maximum atomic E-state index is 11.8. The highest BCUT2D eigenvalue weighted by Gasteiger charge is 2.56. The standard InChI is InChI=1S/C37H62O9/c1-7-27(35(40)41)30-12-9-11-26(43-30)14-13-22(3)33(39)28(8-2)34-23(4)21-24(5)37(45-34)19-10-18-36(46-37)20-17-32(44-36)31-16-15-29(38)25(6)42-31/h10,19,22-34,38-39H,7-9,11-18,20-21H2,1-6H3,(H,40,41). The molecule has 5 aliphatic rings. The van der Waals surface area contributed by atoms with Gasteiger partial charge in [-0.2, -0.15) is 0 Å². The number of carboxylic acid groups (broad SMARTS) is 1. The van der Waals surface area contributed by atoms with Crippen molar-refractivity contribution in [3.63, 3.8) is 0 Å². The zero-order valence-corrected chi connectivity index (χ0v) is 29.1. The largest absolute Gasteiger partial charge is 0.481 e. The smallest absolute Gasteiger partial charge is 0.309 e. The highest BCUT2D eigenvalue weighted by molar-refractivity contribution is 5.70. The zero-order valence-electron chi connectivity index (χ0n) is 29.1. The van der Waals surface area contributed by atoms with Crippen LogP contribution >= 0.6 is 0 Å². The first-order chi connectivity index (χ1) is 21.9. The van der Waals surface area contributed by atoms with Crippen molar-refractivity contribution in [1.29, 1.82) is 0 Å². The van der Waals surface area contributed by atoms with Crippen LogP contribution in [0, 0.1) is 29.6 Å². The van der Waals surface area contributed by atoms with Crippen LogP contribution in [-0.4, -0.2) is 81.7 Å². The van der Waals surface area contributed by atoms with Gasteiger partial charge in [-0.25, -0.2) is 0 Å². The van der Waals surface area contributed by atoms with Crippen molar-refractivity contribution in [2.45, 2.75) is 185 Å². The van der Waals surface area contributed by atoms with Gasteiger partial charge in [0.15, 0.2) is 11.6 Å². The van der Waals surface area contributed by atoms with Crippen molar-refractivity contribution in [1.82, 2.24) is 0 Å². The number of hydrogen-bond donors (Lipinski definition) is 3. The molecule has 0 saturated carbocycles. The van der Waals surface area contributed by atoms with E-state index in [0.717, 1.165) is 70.6 Å². The summed E-state index contributed by atoms with van der Waals surface area (Å²) in [6.07, 6.45) is 13.1. The van der Waals surface area contributed by atoms with E-state index >= 15 is 0 Å². The summed E-state index contributed by atoms with van der Waals surface area (Å²) < 4.78 is 33.2. The Kier molecular flexibility index (Phi) is 12.0. The van der Waals surface area contributed by atoms with Crippen LogP contribution in [0.4, 0.5) is 0 Å². The molecular weight excluding hydrogens is 588 g/mol. The lowest BCUT2D eigenvalue weighted by Gasteiger charge is -2.53.